The summed E-state index contributed by atoms with van der Waals surface area (Å²) < 4.78 is 5.02. The topological polar surface area (TPSA) is 12.5 Å². The molecular weight excluding hydrogens is 100 g/mol. The number of rotatable bonds is 3. The van der Waals surface area contributed by atoms with Crippen LogP contribution in [0.1, 0.15) is 19.8 Å². The summed E-state index contributed by atoms with van der Waals surface area (Å²) in [5.41, 5.74) is 0. The highest BCUT2D eigenvalue weighted by Crippen LogP contribution is 2.15. The molecular formula is C7H12O. The lowest BCUT2D eigenvalue weighted by molar-refractivity contribution is 0.398. The summed E-state index contributed by atoms with van der Waals surface area (Å²) in [6, 6.07) is 0. The van der Waals surface area contributed by atoms with Crippen LogP contribution in [-0.4, -0.2) is 12.7 Å². The third-order valence-corrected chi connectivity index (χ3v) is 1.29. The SMILES string of the molecule is C/C=C/CC[C@@H]1CO1. The van der Waals surface area contributed by atoms with Crippen molar-refractivity contribution in [3.63, 3.8) is 0 Å². The molecule has 0 bridgehead atoms. The van der Waals surface area contributed by atoms with Gasteiger partial charge >= 0.3 is 0 Å². The Morgan fingerprint density at radius 2 is 2.50 bits per heavy atom. The highest BCUT2D eigenvalue weighted by molar-refractivity contribution is 4.80. The highest BCUT2D eigenvalue weighted by Gasteiger charge is 2.20. The zero-order valence-corrected chi connectivity index (χ0v) is 5.26. The van der Waals surface area contributed by atoms with Crippen LogP contribution in [0.5, 0.6) is 0 Å². The lowest BCUT2D eigenvalue weighted by atomic mass is 10.2. The molecule has 0 aromatic heterocycles. The van der Waals surface area contributed by atoms with Crippen LogP contribution in [0.2, 0.25) is 0 Å². The van der Waals surface area contributed by atoms with E-state index < -0.39 is 0 Å². The first kappa shape index (κ1) is 5.83. The molecule has 46 valence electrons. The van der Waals surface area contributed by atoms with Crippen molar-refractivity contribution >= 4 is 0 Å². The second kappa shape index (κ2) is 2.88. The summed E-state index contributed by atoms with van der Waals surface area (Å²) >= 11 is 0. The minimum atomic E-state index is 0.603. The van der Waals surface area contributed by atoms with E-state index in [4.69, 9.17) is 4.74 Å². The molecule has 0 amide bonds. The predicted molar refractivity (Wildman–Crippen MR) is 33.8 cm³/mol. The summed E-state index contributed by atoms with van der Waals surface area (Å²) in [4.78, 5) is 0. The van der Waals surface area contributed by atoms with Crippen LogP contribution < -0.4 is 0 Å². The Kier molecular flexibility index (Phi) is 2.10. The molecule has 1 heteroatoms. The predicted octanol–water partition coefficient (Wildman–Crippen LogP) is 1.74. The van der Waals surface area contributed by atoms with E-state index in [9.17, 15) is 0 Å². The van der Waals surface area contributed by atoms with Crippen LogP contribution in [0.3, 0.4) is 0 Å². The Morgan fingerprint density at radius 3 is 3.00 bits per heavy atom. The summed E-state index contributed by atoms with van der Waals surface area (Å²) in [5, 5.41) is 0. The molecule has 8 heavy (non-hydrogen) atoms. The van der Waals surface area contributed by atoms with Gasteiger partial charge in [0.05, 0.1) is 12.7 Å². The lowest BCUT2D eigenvalue weighted by Gasteiger charge is -1.84. The van der Waals surface area contributed by atoms with Crippen molar-refractivity contribution in [1.29, 1.82) is 0 Å². The highest BCUT2D eigenvalue weighted by atomic mass is 16.6. The van der Waals surface area contributed by atoms with E-state index in [2.05, 4.69) is 12.2 Å². The fourth-order valence-electron chi connectivity index (χ4n) is 0.683. The molecule has 0 radical (unpaired) electrons. The quantitative estimate of drug-likeness (QED) is 0.400. The summed E-state index contributed by atoms with van der Waals surface area (Å²) in [5.74, 6) is 0. The molecule has 1 nitrogen and oxygen atoms in total. The van der Waals surface area contributed by atoms with Crippen LogP contribution >= 0.6 is 0 Å². The molecule has 1 atom stereocenters. The van der Waals surface area contributed by atoms with Gasteiger partial charge in [-0.3, -0.25) is 0 Å². The van der Waals surface area contributed by atoms with Gasteiger partial charge in [-0.25, -0.2) is 0 Å². The molecule has 0 unspecified atom stereocenters. The Hall–Kier alpha value is -0.300. The first-order chi connectivity index (χ1) is 3.93. The Bertz CT molecular complexity index is 82.4. The number of ether oxygens (including phenoxy) is 1. The van der Waals surface area contributed by atoms with E-state index >= 15 is 0 Å². The van der Waals surface area contributed by atoms with Crippen molar-refractivity contribution in [3.05, 3.63) is 12.2 Å². The first-order valence-corrected chi connectivity index (χ1v) is 3.16. The van der Waals surface area contributed by atoms with E-state index in [1.54, 1.807) is 0 Å². The first-order valence-electron chi connectivity index (χ1n) is 3.16. The van der Waals surface area contributed by atoms with Crippen molar-refractivity contribution in [1.82, 2.24) is 0 Å². The monoisotopic (exact) mass is 112 g/mol. The van der Waals surface area contributed by atoms with Gasteiger partial charge in [0.1, 0.15) is 0 Å². The molecule has 1 aliphatic rings. The van der Waals surface area contributed by atoms with E-state index in [1.165, 1.54) is 12.8 Å². The largest absolute Gasteiger partial charge is 0.373 e. The maximum Gasteiger partial charge on any atom is 0.0812 e. The van der Waals surface area contributed by atoms with E-state index in [0.29, 0.717) is 6.10 Å². The zero-order chi connectivity index (χ0) is 5.82. The van der Waals surface area contributed by atoms with Crippen molar-refractivity contribution in [2.75, 3.05) is 6.61 Å². The van der Waals surface area contributed by atoms with Gasteiger partial charge < -0.3 is 4.74 Å². The van der Waals surface area contributed by atoms with Gasteiger partial charge in [0.2, 0.25) is 0 Å². The van der Waals surface area contributed by atoms with Gasteiger partial charge in [0.25, 0.3) is 0 Å². The maximum absolute atomic E-state index is 5.02. The fourth-order valence-corrected chi connectivity index (χ4v) is 0.683. The minimum absolute atomic E-state index is 0.603. The number of epoxide rings is 1. The number of hydrogen-bond acceptors (Lipinski definition) is 1. The van der Waals surface area contributed by atoms with Gasteiger partial charge in [-0.2, -0.15) is 0 Å². The molecule has 0 N–H and O–H groups in total. The summed E-state index contributed by atoms with van der Waals surface area (Å²) in [7, 11) is 0. The average Bonchev–Trinajstić information content (AvgIpc) is 2.51. The molecule has 0 aromatic rings. The molecule has 0 aromatic carbocycles. The molecule has 1 saturated heterocycles. The minimum Gasteiger partial charge on any atom is -0.373 e. The normalized spacial score (nSPS) is 26.9. The Balaban J connectivity index is 1.88. The Labute approximate surface area is 50.3 Å². The van der Waals surface area contributed by atoms with Gasteiger partial charge in [-0.05, 0) is 19.8 Å². The average molecular weight is 112 g/mol. The molecule has 0 spiro atoms. The van der Waals surface area contributed by atoms with Crippen molar-refractivity contribution in [3.8, 4) is 0 Å². The van der Waals surface area contributed by atoms with Crippen LogP contribution in [0.15, 0.2) is 12.2 Å². The smallest absolute Gasteiger partial charge is 0.0812 e. The van der Waals surface area contributed by atoms with E-state index in [-0.39, 0.29) is 0 Å². The second-order valence-electron chi connectivity index (χ2n) is 2.10. The summed E-state index contributed by atoms with van der Waals surface area (Å²) in [6.45, 7) is 3.05. The molecule has 0 saturated carbocycles. The van der Waals surface area contributed by atoms with Crippen LogP contribution in [0.25, 0.3) is 0 Å². The number of hydrogen-bond donors (Lipinski definition) is 0. The van der Waals surface area contributed by atoms with Crippen LogP contribution in [0.4, 0.5) is 0 Å². The third-order valence-electron chi connectivity index (χ3n) is 1.29. The van der Waals surface area contributed by atoms with Crippen molar-refractivity contribution in [2.24, 2.45) is 0 Å². The fraction of sp³-hybridized carbons (Fsp3) is 0.714. The van der Waals surface area contributed by atoms with Gasteiger partial charge in [0, 0.05) is 0 Å². The van der Waals surface area contributed by atoms with Gasteiger partial charge in [-0.15, -0.1) is 0 Å². The van der Waals surface area contributed by atoms with E-state index in [0.717, 1.165) is 6.61 Å². The maximum atomic E-state index is 5.02. The molecule has 1 aliphatic heterocycles. The standard InChI is InChI=1S/C7H12O/c1-2-3-4-5-7-6-8-7/h2-3,7H,4-6H2,1H3/b3-2+/t7-/m1/s1. The van der Waals surface area contributed by atoms with Gasteiger partial charge in [0.15, 0.2) is 0 Å². The van der Waals surface area contributed by atoms with E-state index in [1.807, 2.05) is 6.92 Å². The second-order valence-corrected chi connectivity index (χ2v) is 2.10. The summed E-state index contributed by atoms with van der Waals surface area (Å²) in [6.07, 6.45) is 7.27. The molecule has 0 aliphatic carbocycles. The zero-order valence-electron chi connectivity index (χ0n) is 5.26. The lowest BCUT2D eigenvalue weighted by Crippen LogP contribution is -1.80. The van der Waals surface area contributed by atoms with Crippen molar-refractivity contribution < 1.29 is 4.74 Å². The number of allylic oxidation sites excluding steroid dienone is 2. The van der Waals surface area contributed by atoms with Gasteiger partial charge in [-0.1, -0.05) is 12.2 Å². The van der Waals surface area contributed by atoms with Crippen LogP contribution in [-0.2, 0) is 4.74 Å². The third kappa shape index (κ3) is 2.12. The van der Waals surface area contributed by atoms with Crippen molar-refractivity contribution in [2.45, 2.75) is 25.9 Å². The Morgan fingerprint density at radius 1 is 1.75 bits per heavy atom. The molecule has 1 fully saturated rings. The molecule has 1 heterocycles. The molecule has 1 rings (SSSR count). The van der Waals surface area contributed by atoms with Crippen LogP contribution in [0, 0.1) is 0 Å².